The maximum atomic E-state index is 14.3. The molecule has 1 aliphatic heterocycles. The Hall–Kier alpha value is -4.63. The number of hydrogen-bond acceptors (Lipinski definition) is 8. The standard InChI is InChI=1S/C22H23NO3.C14H18FN3O/c1-21(2)19(22(21,3)4)20(24)26-18(14-23)15-9-8-12-17(13-15)25-16-10-6-5-7-11-16;1-4-5-8-19-13-11(15)12(16-10-17-13)18-7-6-14(2,3)9-18/h5-13,18-19H,1-4H3;10H,6-9H2,1-3H3. The first-order valence-electron chi connectivity index (χ1n) is 15.0. The Morgan fingerprint density at radius 2 is 1.73 bits per heavy atom. The number of aromatic nitrogens is 2. The van der Waals surface area contributed by atoms with Crippen molar-refractivity contribution in [3.8, 4) is 35.3 Å². The van der Waals surface area contributed by atoms with Gasteiger partial charge in [-0.25, -0.2) is 4.98 Å². The van der Waals surface area contributed by atoms with E-state index in [1.54, 1.807) is 31.2 Å². The number of para-hydroxylation sites is 1. The first-order chi connectivity index (χ1) is 21.3. The number of anilines is 1. The molecule has 236 valence electrons. The second-order valence-electron chi connectivity index (χ2n) is 13.2. The summed E-state index contributed by atoms with van der Waals surface area (Å²) in [6, 6.07) is 18.6. The van der Waals surface area contributed by atoms with Crippen LogP contribution < -0.4 is 14.4 Å². The van der Waals surface area contributed by atoms with Gasteiger partial charge in [0, 0.05) is 18.7 Å². The normalized spacial score (nSPS) is 17.8. The van der Waals surface area contributed by atoms with Crippen LogP contribution in [0.3, 0.4) is 0 Å². The van der Waals surface area contributed by atoms with E-state index in [-0.39, 0.29) is 40.6 Å². The quantitative estimate of drug-likeness (QED) is 0.190. The Kier molecular flexibility index (Phi) is 10.0. The minimum atomic E-state index is -0.950. The van der Waals surface area contributed by atoms with Gasteiger partial charge in [-0.05, 0) is 53.9 Å². The fraction of sp³-hybridized carbons (Fsp3) is 0.444. The van der Waals surface area contributed by atoms with Gasteiger partial charge >= 0.3 is 5.97 Å². The van der Waals surface area contributed by atoms with Crippen molar-refractivity contribution in [2.24, 2.45) is 22.2 Å². The number of ether oxygens (including phenoxy) is 3. The third-order valence-corrected chi connectivity index (χ3v) is 8.92. The van der Waals surface area contributed by atoms with E-state index in [0.29, 0.717) is 22.9 Å². The molecule has 2 aromatic carbocycles. The Morgan fingerprint density at radius 3 is 2.33 bits per heavy atom. The van der Waals surface area contributed by atoms with Gasteiger partial charge in [-0.15, -0.1) is 5.92 Å². The number of esters is 1. The first-order valence-corrected chi connectivity index (χ1v) is 15.0. The molecule has 0 spiro atoms. The van der Waals surface area contributed by atoms with Gasteiger partial charge in [0.2, 0.25) is 11.9 Å². The zero-order chi connectivity index (χ0) is 32.8. The molecule has 2 fully saturated rings. The molecule has 8 nitrogen and oxygen atoms in total. The highest BCUT2D eigenvalue weighted by Crippen LogP contribution is 2.68. The molecule has 1 saturated heterocycles. The van der Waals surface area contributed by atoms with E-state index in [1.807, 2.05) is 35.2 Å². The average molecular weight is 613 g/mol. The molecule has 1 unspecified atom stereocenters. The van der Waals surface area contributed by atoms with Gasteiger partial charge in [0.1, 0.15) is 23.9 Å². The fourth-order valence-electron chi connectivity index (χ4n) is 5.64. The summed E-state index contributed by atoms with van der Waals surface area (Å²) in [7, 11) is 0. The van der Waals surface area contributed by atoms with Crippen molar-refractivity contribution in [3.63, 3.8) is 0 Å². The smallest absolute Gasteiger partial charge is 0.311 e. The molecule has 0 amide bonds. The molecular formula is C36H41FN4O4. The Labute approximate surface area is 265 Å². The number of benzene rings is 2. The zero-order valence-electron chi connectivity index (χ0n) is 27.1. The van der Waals surface area contributed by atoms with Gasteiger partial charge in [-0.2, -0.15) is 14.6 Å². The van der Waals surface area contributed by atoms with Gasteiger partial charge in [0.15, 0.2) is 12.4 Å². The van der Waals surface area contributed by atoms with E-state index in [9.17, 15) is 14.4 Å². The molecule has 0 radical (unpaired) electrons. The average Bonchev–Trinajstić information content (AvgIpc) is 3.21. The Balaban J connectivity index is 0.000000215. The van der Waals surface area contributed by atoms with Gasteiger partial charge in [-0.3, -0.25) is 4.79 Å². The molecular weight excluding hydrogens is 571 g/mol. The second-order valence-corrected chi connectivity index (χ2v) is 13.2. The predicted octanol–water partition coefficient (Wildman–Crippen LogP) is 7.52. The van der Waals surface area contributed by atoms with Crippen molar-refractivity contribution in [2.45, 2.75) is 61.0 Å². The lowest BCUT2D eigenvalue weighted by atomic mass is 9.93. The molecule has 2 heterocycles. The summed E-state index contributed by atoms with van der Waals surface area (Å²) < 4.78 is 30.8. The van der Waals surface area contributed by atoms with Gasteiger partial charge in [0.25, 0.3) is 5.88 Å². The van der Waals surface area contributed by atoms with Crippen LogP contribution in [0.1, 0.15) is 66.6 Å². The molecule has 0 N–H and O–H groups in total. The lowest BCUT2D eigenvalue weighted by Gasteiger charge is -2.21. The Morgan fingerprint density at radius 1 is 1.04 bits per heavy atom. The summed E-state index contributed by atoms with van der Waals surface area (Å²) in [6.07, 6.45) is 1.40. The van der Waals surface area contributed by atoms with Gasteiger partial charge < -0.3 is 19.1 Å². The van der Waals surface area contributed by atoms with Crippen molar-refractivity contribution in [1.82, 2.24) is 9.97 Å². The third kappa shape index (κ3) is 7.72. The van der Waals surface area contributed by atoms with Crippen LogP contribution in [-0.4, -0.2) is 35.6 Å². The van der Waals surface area contributed by atoms with E-state index < -0.39 is 11.9 Å². The number of carbonyl (C=O) groups is 1. The molecule has 9 heteroatoms. The van der Waals surface area contributed by atoms with Crippen LogP contribution in [0, 0.1) is 51.2 Å². The minimum absolute atomic E-state index is 0.0301. The van der Waals surface area contributed by atoms with Crippen molar-refractivity contribution < 1.29 is 23.4 Å². The topological polar surface area (TPSA) is 97.6 Å². The van der Waals surface area contributed by atoms with Crippen LogP contribution in [-0.2, 0) is 9.53 Å². The molecule has 1 atom stereocenters. The summed E-state index contributed by atoms with van der Waals surface area (Å²) >= 11 is 0. The second kappa shape index (κ2) is 13.6. The number of hydrogen-bond donors (Lipinski definition) is 0. The van der Waals surface area contributed by atoms with Crippen LogP contribution in [0.2, 0.25) is 0 Å². The van der Waals surface area contributed by atoms with Crippen LogP contribution >= 0.6 is 0 Å². The van der Waals surface area contributed by atoms with E-state index in [0.717, 1.165) is 19.5 Å². The highest BCUT2D eigenvalue weighted by atomic mass is 19.1. The molecule has 5 rings (SSSR count). The van der Waals surface area contributed by atoms with E-state index in [2.05, 4.69) is 69.4 Å². The van der Waals surface area contributed by atoms with Crippen molar-refractivity contribution in [1.29, 1.82) is 5.26 Å². The highest BCUT2D eigenvalue weighted by molar-refractivity contribution is 5.79. The van der Waals surface area contributed by atoms with Crippen LogP contribution in [0.5, 0.6) is 17.4 Å². The molecule has 1 aromatic heterocycles. The third-order valence-electron chi connectivity index (χ3n) is 8.92. The zero-order valence-corrected chi connectivity index (χ0v) is 27.1. The summed E-state index contributed by atoms with van der Waals surface area (Å²) in [4.78, 5) is 22.3. The van der Waals surface area contributed by atoms with Gasteiger partial charge in [0.05, 0.1) is 5.92 Å². The summed E-state index contributed by atoms with van der Waals surface area (Å²) in [5.74, 6) is 5.97. The summed E-state index contributed by atoms with van der Waals surface area (Å²) in [5.41, 5.74) is 0.544. The van der Waals surface area contributed by atoms with Crippen molar-refractivity contribution in [2.75, 3.05) is 24.6 Å². The largest absolute Gasteiger partial charge is 0.462 e. The maximum Gasteiger partial charge on any atom is 0.311 e. The van der Waals surface area contributed by atoms with Crippen LogP contribution in [0.15, 0.2) is 60.9 Å². The number of nitrogens with zero attached hydrogens (tertiary/aromatic N) is 4. The summed E-state index contributed by atoms with van der Waals surface area (Å²) in [5, 5.41) is 9.50. The van der Waals surface area contributed by atoms with Gasteiger partial charge in [-0.1, -0.05) is 77.8 Å². The predicted molar refractivity (Wildman–Crippen MR) is 170 cm³/mol. The highest BCUT2D eigenvalue weighted by Gasteiger charge is 2.69. The molecule has 0 bridgehead atoms. The first kappa shape index (κ1) is 33.3. The SMILES string of the molecule is CC#CCOc1ncnc(N2CCC(C)(C)C2)c1F.CC1(C)C(C(=O)OC(C#N)c2cccc(Oc3ccccc3)c2)C1(C)C. The van der Waals surface area contributed by atoms with E-state index in [1.165, 1.54) is 6.33 Å². The van der Waals surface area contributed by atoms with Crippen molar-refractivity contribution >= 4 is 11.8 Å². The van der Waals surface area contributed by atoms with E-state index in [4.69, 9.17) is 14.2 Å². The van der Waals surface area contributed by atoms with Crippen molar-refractivity contribution in [3.05, 3.63) is 72.3 Å². The number of nitriles is 1. The molecule has 1 saturated carbocycles. The number of halogens is 1. The molecule has 2 aliphatic rings. The molecule has 45 heavy (non-hydrogen) atoms. The monoisotopic (exact) mass is 612 g/mol. The maximum absolute atomic E-state index is 14.3. The number of carbonyl (C=O) groups excluding carboxylic acids is 1. The minimum Gasteiger partial charge on any atom is -0.462 e. The summed E-state index contributed by atoms with van der Waals surface area (Å²) in [6.45, 7) is 16.0. The van der Waals surface area contributed by atoms with Crippen LogP contribution in [0.4, 0.5) is 10.2 Å². The van der Waals surface area contributed by atoms with Crippen LogP contribution in [0.25, 0.3) is 0 Å². The van der Waals surface area contributed by atoms with E-state index >= 15 is 0 Å². The lowest BCUT2D eigenvalue weighted by Crippen LogP contribution is -2.25. The lowest BCUT2D eigenvalue weighted by molar-refractivity contribution is -0.150. The molecule has 1 aliphatic carbocycles. The fourth-order valence-corrected chi connectivity index (χ4v) is 5.64. The molecule has 3 aromatic rings. The Bertz CT molecular complexity index is 1590. The number of rotatable bonds is 8.